The fourth-order valence-electron chi connectivity index (χ4n) is 3.81. The minimum absolute atomic E-state index is 0.0205. The van der Waals surface area contributed by atoms with E-state index in [1.165, 1.54) is 23.3 Å². The van der Waals surface area contributed by atoms with Gasteiger partial charge in [0, 0.05) is 30.6 Å². The second kappa shape index (κ2) is 7.23. The highest BCUT2D eigenvalue weighted by atomic mass is 32.1. The second-order valence-corrected chi connectivity index (χ2v) is 7.88. The molecule has 0 spiro atoms. The van der Waals surface area contributed by atoms with Gasteiger partial charge in [-0.3, -0.25) is 9.59 Å². The van der Waals surface area contributed by atoms with Crippen molar-refractivity contribution < 1.29 is 9.59 Å². The molecule has 1 aliphatic heterocycles. The summed E-state index contributed by atoms with van der Waals surface area (Å²) in [6.07, 6.45) is 5.12. The number of thiophene rings is 1. The van der Waals surface area contributed by atoms with Crippen molar-refractivity contribution in [2.45, 2.75) is 58.0 Å². The summed E-state index contributed by atoms with van der Waals surface area (Å²) in [7, 11) is 0. The molecule has 2 N–H and O–H groups in total. The topological polar surface area (TPSA) is 66.6 Å². The number of rotatable bonds is 4. The van der Waals surface area contributed by atoms with Crippen molar-refractivity contribution in [1.29, 1.82) is 0 Å². The predicted octanol–water partition coefficient (Wildman–Crippen LogP) is 2.04. The smallest absolute Gasteiger partial charge is 0.264 e. The fourth-order valence-corrected chi connectivity index (χ4v) is 5.02. The van der Waals surface area contributed by atoms with Gasteiger partial charge in [-0.2, -0.15) is 0 Å². The van der Waals surface area contributed by atoms with Gasteiger partial charge in [0.15, 0.2) is 0 Å². The number of nitrogens with zero attached hydrogens (tertiary/aromatic N) is 2. The minimum atomic E-state index is -0.411. The van der Waals surface area contributed by atoms with Crippen LogP contribution in [-0.2, 0) is 17.6 Å². The summed E-state index contributed by atoms with van der Waals surface area (Å²) in [6.45, 7) is 5.73. The van der Waals surface area contributed by atoms with Crippen LogP contribution < -0.4 is 5.73 Å². The van der Waals surface area contributed by atoms with Crippen molar-refractivity contribution in [3.8, 4) is 0 Å². The Hall–Kier alpha value is -1.40. The van der Waals surface area contributed by atoms with E-state index in [2.05, 4.69) is 0 Å². The zero-order valence-corrected chi connectivity index (χ0v) is 15.4. The molecule has 1 aromatic heterocycles. The van der Waals surface area contributed by atoms with Crippen LogP contribution in [0.25, 0.3) is 0 Å². The molecule has 1 aromatic rings. The summed E-state index contributed by atoms with van der Waals surface area (Å²) in [5.41, 5.74) is 7.41. The minimum Gasteiger partial charge on any atom is -0.341 e. The largest absolute Gasteiger partial charge is 0.341 e. The highest BCUT2D eigenvalue weighted by Crippen LogP contribution is 2.32. The maximum Gasteiger partial charge on any atom is 0.264 e. The Kier molecular flexibility index (Phi) is 5.25. The Balaban J connectivity index is 1.81. The van der Waals surface area contributed by atoms with E-state index in [9.17, 15) is 9.59 Å². The Labute approximate surface area is 147 Å². The number of carbonyl (C=O) groups excluding carboxylic acids is 2. The van der Waals surface area contributed by atoms with Crippen LogP contribution in [0.2, 0.25) is 0 Å². The van der Waals surface area contributed by atoms with E-state index in [1.54, 1.807) is 21.1 Å². The normalized spacial score (nSPS) is 23.2. The summed E-state index contributed by atoms with van der Waals surface area (Å²) in [5, 5.41) is 0. The molecule has 2 atom stereocenters. The summed E-state index contributed by atoms with van der Waals surface area (Å²) >= 11 is 1.61. The highest BCUT2D eigenvalue weighted by molar-refractivity contribution is 7.14. The van der Waals surface area contributed by atoms with Gasteiger partial charge >= 0.3 is 0 Å². The van der Waals surface area contributed by atoms with Crippen molar-refractivity contribution in [3.05, 3.63) is 21.4 Å². The summed E-state index contributed by atoms with van der Waals surface area (Å²) in [5.74, 6) is 0.00970. The van der Waals surface area contributed by atoms with Crippen molar-refractivity contribution in [2.75, 3.05) is 19.6 Å². The van der Waals surface area contributed by atoms with Crippen LogP contribution in [0.15, 0.2) is 6.07 Å². The molecule has 1 fully saturated rings. The molecule has 5 nitrogen and oxygen atoms in total. The molecule has 1 saturated heterocycles. The van der Waals surface area contributed by atoms with Gasteiger partial charge < -0.3 is 15.5 Å². The first kappa shape index (κ1) is 17.4. The van der Waals surface area contributed by atoms with Gasteiger partial charge in [-0.25, -0.2) is 0 Å². The van der Waals surface area contributed by atoms with Gasteiger partial charge in [0.1, 0.15) is 6.04 Å². The molecule has 2 aliphatic rings. The number of aryl methyl sites for hydroxylation is 2. The van der Waals surface area contributed by atoms with Crippen LogP contribution in [0.4, 0.5) is 0 Å². The Morgan fingerprint density at radius 1 is 1.29 bits per heavy atom. The van der Waals surface area contributed by atoms with E-state index >= 15 is 0 Å². The first-order chi connectivity index (χ1) is 11.5. The van der Waals surface area contributed by atoms with E-state index in [4.69, 9.17) is 5.73 Å². The fraction of sp³-hybridized carbons (Fsp3) is 0.667. The SMILES string of the molecule is CCN(CC)C(=O)[C@@H]1C[C@@H](N)CN1C(=O)c1cc2c(s1)CCCC2. The second-order valence-electron chi connectivity index (χ2n) is 6.75. The molecular formula is C18H27N3O2S. The maximum absolute atomic E-state index is 13.0. The summed E-state index contributed by atoms with van der Waals surface area (Å²) in [6, 6.07) is 1.52. The van der Waals surface area contributed by atoms with Crippen LogP contribution in [0.1, 0.15) is 53.2 Å². The zero-order chi connectivity index (χ0) is 17.3. The van der Waals surface area contributed by atoms with E-state index in [1.807, 2.05) is 19.9 Å². The Morgan fingerprint density at radius 3 is 2.67 bits per heavy atom. The molecule has 1 aliphatic carbocycles. The molecule has 0 radical (unpaired) electrons. The first-order valence-corrected chi connectivity index (χ1v) is 9.83. The molecule has 0 unspecified atom stereocenters. The number of likely N-dealkylation sites (tertiary alicyclic amines) is 1. The molecule has 24 heavy (non-hydrogen) atoms. The third-order valence-corrected chi connectivity index (χ3v) is 6.39. The van der Waals surface area contributed by atoms with Crippen LogP contribution in [0.3, 0.4) is 0 Å². The lowest BCUT2D eigenvalue weighted by atomic mass is 9.99. The standard InChI is InChI=1S/C18H27N3O2S/c1-3-20(4-2)17(22)14-10-13(19)11-21(14)18(23)16-9-12-7-5-6-8-15(12)24-16/h9,13-14H,3-8,10-11,19H2,1-2H3/t13-,14+/m1/s1. The molecule has 132 valence electrons. The monoisotopic (exact) mass is 349 g/mol. The van der Waals surface area contributed by atoms with E-state index in [0.717, 1.165) is 17.7 Å². The average Bonchev–Trinajstić information content (AvgIpc) is 3.18. The van der Waals surface area contributed by atoms with Gasteiger partial charge in [0.25, 0.3) is 5.91 Å². The number of amides is 2. The third-order valence-electron chi connectivity index (χ3n) is 5.16. The molecule has 6 heteroatoms. The Bertz CT molecular complexity index is 600. The lowest BCUT2D eigenvalue weighted by Gasteiger charge is -2.28. The van der Waals surface area contributed by atoms with Crippen LogP contribution in [0, 0.1) is 0 Å². The van der Waals surface area contributed by atoms with E-state index in [-0.39, 0.29) is 17.9 Å². The Morgan fingerprint density at radius 2 is 2.00 bits per heavy atom. The van der Waals surface area contributed by atoms with Gasteiger partial charge in [0.05, 0.1) is 4.88 Å². The number of nitrogens with two attached hydrogens (primary N) is 1. The summed E-state index contributed by atoms with van der Waals surface area (Å²) < 4.78 is 0. The third kappa shape index (κ3) is 3.22. The number of likely N-dealkylation sites (N-methyl/N-ethyl adjacent to an activating group) is 1. The number of hydrogen-bond donors (Lipinski definition) is 1. The average molecular weight is 350 g/mol. The van der Waals surface area contributed by atoms with Gasteiger partial charge in [-0.15, -0.1) is 11.3 Å². The van der Waals surface area contributed by atoms with Crippen molar-refractivity contribution >= 4 is 23.2 Å². The van der Waals surface area contributed by atoms with Crippen LogP contribution >= 0.6 is 11.3 Å². The van der Waals surface area contributed by atoms with Crippen LogP contribution in [0.5, 0.6) is 0 Å². The predicted molar refractivity (Wildman–Crippen MR) is 96.3 cm³/mol. The van der Waals surface area contributed by atoms with Crippen LogP contribution in [-0.4, -0.2) is 53.3 Å². The van der Waals surface area contributed by atoms with E-state index in [0.29, 0.717) is 26.1 Å². The molecule has 2 heterocycles. The number of carbonyl (C=O) groups is 2. The molecule has 3 rings (SSSR count). The molecule has 2 amide bonds. The molecular weight excluding hydrogens is 322 g/mol. The molecule has 0 aromatic carbocycles. The van der Waals surface area contributed by atoms with Gasteiger partial charge in [-0.05, 0) is 57.6 Å². The lowest BCUT2D eigenvalue weighted by molar-refractivity contribution is -0.134. The maximum atomic E-state index is 13.0. The lowest BCUT2D eigenvalue weighted by Crippen LogP contribution is -2.47. The quantitative estimate of drug-likeness (QED) is 0.904. The number of hydrogen-bond acceptors (Lipinski definition) is 4. The molecule has 0 saturated carbocycles. The van der Waals surface area contributed by atoms with Crippen molar-refractivity contribution in [2.24, 2.45) is 5.73 Å². The van der Waals surface area contributed by atoms with Gasteiger partial charge in [-0.1, -0.05) is 0 Å². The van der Waals surface area contributed by atoms with Crippen molar-refractivity contribution in [3.63, 3.8) is 0 Å². The zero-order valence-electron chi connectivity index (χ0n) is 14.6. The van der Waals surface area contributed by atoms with Crippen molar-refractivity contribution in [1.82, 2.24) is 9.80 Å². The number of fused-ring (bicyclic) bond motifs is 1. The summed E-state index contributed by atoms with van der Waals surface area (Å²) in [4.78, 5) is 31.4. The highest BCUT2D eigenvalue weighted by Gasteiger charge is 2.40. The van der Waals surface area contributed by atoms with E-state index < -0.39 is 6.04 Å². The molecule has 0 bridgehead atoms. The van der Waals surface area contributed by atoms with Gasteiger partial charge in [0.2, 0.25) is 5.91 Å². The first-order valence-electron chi connectivity index (χ1n) is 9.02.